The van der Waals surface area contributed by atoms with Crippen molar-refractivity contribution in [3.63, 3.8) is 0 Å². The summed E-state index contributed by atoms with van der Waals surface area (Å²) < 4.78 is 9.65. The van der Waals surface area contributed by atoms with Gasteiger partial charge in [-0.15, -0.1) is 15.3 Å². The quantitative estimate of drug-likeness (QED) is 0.565. The fourth-order valence-corrected chi connectivity index (χ4v) is 5.44. The highest BCUT2D eigenvalue weighted by Crippen LogP contribution is 2.30. The molecule has 3 saturated heterocycles. The van der Waals surface area contributed by atoms with Gasteiger partial charge >= 0.3 is 0 Å². The Morgan fingerprint density at radius 2 is 1.85 bits per heavy atom. The average Bonchev–Trinajstić information content (AvgIpc) is 3.68. The van der Waals surface area contributed by atoms with Crippen molar-refractivity contribution in [3.05, 3.63) is 30.6 Å². The summed E-state index contributed by atoms with van der Waals surface area (Å²) in [5.74, 6) is 2.42. The van der Waals surface area contributed by atoms with Crippen molar-refractivity contribution < 1.29 is 4.74 Å². The number of hydrogen-bond acceptors (Lipinski definition) is 8. The Morgan fingerprint density at radius 3 is 2.61 bits per heavy atom. The highest BCUT2D eigenvalue weighted by Gasteiger charge is 2.32. The molecule has 10 nitrogen and oxygen atoms in total. The molecule has 3 fully saturated rings. The standard InChI is InChI=1S/C23H31N9O/c1-2-10-29(11-3-1)21-8-12-30(15-21)23-26-25-22(31(23)14-18-9-13-33-16-18)19-4-6-20(7-5-19)32-17-24-27-28-32/h4-7,17-18,21H,1-3,8-16H2. The molecule has 6 rings (SSSR count). The molecule has 0 N–H and O–H groups in total. The van der Waals surface area contributed by atoms with E-state index in [1.165, 1.54) is 38.8 Å². The number of aromatic nitrogens is 7. The molecule has 5 heterocycles. The fraction of sp³-hybridized carbons (Fsp3) is 0.609. The lowest BCUT2D eigenvalue weighted by Gasteiger charge is -2.32. The number of rotatable bonds is 6. The zero-order valence-corrected chi connectivity index (χ0v) is 19.0. The molecular formula is C23H31N9O. The van der Waals surface area contributed by atoms with Crippen molar-refractivity contribution in [2.24, 2.45) is 5.92 Å². The van der Waals surface area contributed by atoms with Gasteiger partial charge in [-0.25, -0.2) is 4.68 Å². The summed E-state index contributed by atoms with van der Waals surface area (Å²) in [5.41, 5.74) is 1.97. The number of benzene rings is 1. The van der Waals surface area contributed by atoms with Crippen LogP contribution in [-0.4, -0.2) is 85.3 Å². The van der Waals surface area contributed by atoms with E-state index < -0.39 is 0 Å². The molecule has 2 unspecified atom stereocenters. The van der Waals surface area contributed by atoms with Crippen LogP contribution in [0.5, 0.6) is 0 Å². The van der Waals surface area contributed by atoms with E-state index in [9.17, 15) is 0 Å². The molecule has 0 radical (unpaired) electrons. The largest absolute Gasteiger partial charge is 0.381 e. The van der Waals surface area contributed by atoms with E-state index >= 15 is 0 Å². The summed E-state index contributed by atoms with van der Waals surface area (Å²) in [6.07, 6.45) is 7.93. The number of piperidine rings is 1. The van der Waals surface area contributed by atoms with Gasteiger partial charge in [0.2, 0.25) is 5.95 Å². The van der Waals surface area contributed by atoms with Crippen molar-refractivity contribution in [1.82, 2.24) is 39.9 Å². The van der Waals surface area contributed by atoms with Gasteiger partial charge in [-0.2, -0.15) is 0 Å². The van der Waals surface area contributed by atoms with Gasteiger partial charge in [-0.1, -0.05) is 6.42 Å². The molecule has 0 amide bonds. The number of tetrazole rings is 1. The molecule has 0 spiro atoms. The van der Waals surface area contributed by atoms with E-state index in [0.29, 0.717) is 12.0 Å². The second kappa shape index (κ2) is 9.18. The van der Waals surface area contributed by atoms with Gasteiger partial charge in [0.1, 0.15) is 6.33 Å². The third-order valence-corrected chi connectivity index (χ3v) is 7.29. The first-order chi connectivity index (χ1) is 16.3. The van der Waals surface area contributed by atoms with Gasteiger partial charge in [-0.3, -0.25) is 9.47 Å². The first-order valence-electron chi connectivity index (χ1n) is 12.2. The minimum Gasteiger partial charge on any atom is -0.381 e. The van der Waals surface area contributed by atoms with Gasteiger partial charge in [0, 0.05) is 43.8 Å². The minimum atomic E-state index is 0.500. The maximum Gasteiger partial charge on any atom is 0.227 e. The first kappa shape index (κ1) is 20.7. The SMILES string of the molecule is c1cc(-n2cnnn2)ccc1-c1nnc(N2CCC(N3CCCCC3)C2)n1CC1CCOC1. The van der Waals surface area contributed by atoms with Crippen LogP contribution in [-0.2, 0) is 11.3 Å². The minimum absolute atomic E-state index is 0.500. The smallest absolute Gasteiger partial charge is 0.227 e. The third-order valence-electron chi connectivity index (χ3n) is 7.29. The molecular weight excluding hydrogens is 418 g/mol. The third kappa shape index (κ3) is 4.24. The second-order valence-corrected chi connectivity index (χ2v) is 9.45. The molecule has 0 saturated carbocycles. The normalized spacial score (nSPS) is 24.1. The topological polar surface area (TPSA) is 90.0 Å². The number of hydrogen-bond donors (Lipinski definition) is 0. The molecule has 1 aromatic carbocycles. The van der Waals surface area contributed by atoms with Crippen molar-refractivity contribution in [2.45, 2.75) is 44.7 Å². The number of nitrogens with zero attached hydrogens (tertiary/aromatic N) is 9. The van der Waals surface area contributed by atoms with Gasteiger partial charge in [0.05, 0.1) is 12.3 Å². The molecule has 33 heavy (non-hydrogen) atoms. The van der Waals surface area contributed by atoms with E-state index in [1.807, 2.05) is 12.1 Å². The molecule has 10 heteroatoms. The molecule has 2 aromatic heterocycles. The zero-order chi connectivity index (χ0) is 22.0. The summed E-state index contributed by atoms with van der Waals surface area (Å²) in [7, 11) is 0. The van der Waals surface area contributed by atoms with Crippen molar-refractivity contribution in [3.8, 4) is 17.1 Å². The van der Waals surface area contributed by atoms with Gasteiger partial charge < -0.3 is 9.64 Å². The summed E-state index contributed by atoms with van der Waals surface area (Å²) >= 11 is 0. The lowest BCUT2D eigenvalue weighted by atomic mass is 10.1. The average molecular weight is 450 g/mol. The van der Waals surface area contributed by atoms with Gasteiger partial charge in [0.15, 0.2) is 5.82 Å². The lowest BCUT2D eigenvalue weighted by Crippen LogP contribution is -2.41. The lowest BCUT2D eigenvalue weighted by molar-refractivity contribution is 0.174. The van der Waals surface area contributed by atoms with Gasteiger partial charge in [-0.05, 0) is 73.5 Å². The van der Waals surface area contributed by atoms with Crippen LogP contribution >= 0.6 is 0 Å². The highest BCUT2D eigenvalue weighted by atomic mass is 16.5. The zero-order valence-electron chi connectivity index (χ0n) is 19.0. The number of anilines is 1. The van der Waals surface area contributed by atoms with Gasteiger partial charge in [0.25, 0.3) is 0 Å². The number of ether oxygens (including phenoxy) is 1. The molecule has 3 aromatic rings. The van der Waals surface area contributed by atoms with Crippen LogP contribution in [0.25, 0.3) is 17.1 Å². The van der Waals surface area contributed by atoms with Crippen LogP contribution in [0, 0.1) is 5.92 Å². The molecule has 2 atom stereocenters. The maximum atomic E-state index is 5.67. The summed E-state index contributed by atoms with van der Waals surface area (Å²) in [6.45, 7) is 7.10. The molecule has 0 aliphatic carbocycles. The predicted molar refractivity (Wildman–Crippen MR) is 123 cm³/mol. The molecule has 0 bridgehead atoms. The van der Waals surface area contributed by atoms with Crippen LogP contribution in [0.3, 0.4) is 0 Å². The molecule has 174 valence electrons. The second-order valence-electron chi connectivity index (χ2n) is 9.45. The van der Waals surface area contributed by atoms with E-state index in [1.54, 1.807) is 11.0 Å². The Labute approximate surface area is 193 Å². The van der Waals surface area contributed by atoms with Crippen LogP contribution in [0.1, 0.15) is 32.1 Å². The fourth-order valence-electron chi connectivity index (χ4n) is 5.44. The first-order valence-corrected chi connectivity index (χ1v) is 12.2. The summed E-state index contributed by atoms with van der Waals surface area (Å²) in [5, 5.41) is 20.8. The van der Waals surface area contributed by atoms with E-state index in [-0.39, 0.29) is 0 Å². The van der Waals surface area contributed by atoms with E-state index in [4.69, 9.17) is 9.84 Å². The van der Waals surface area contributed by atoms with Crippen LogP contribution in [0.2, 0.25) is 0 Å². The maximum absolute atomic E-state index is 5.67. The van der Waals surface area contributed by atoms with Crippen LogP contribution in [0.4, 0.5) is 5.95 Å². The van der Waals surface area contributed by atoms with Crippen LogP contribution in [0.15, 0.2) is 30.6 Å². The van der Waals surface area contributed by atoms with E-state index in [2.05, 4.69) is 47.1 Å². The number of likely N-dealkylation sites (tertiary alicyclic amines) is 1. The summed E-state index contributed by atoms with van der Waals surface area (Å²) in [6, 6.07) is 8.82. The molecule has 3 aliphatic rings. The predicted octanol–water partition coefficient (Wildman–Crippen LogP) is 2.02. The van der Waals surface area contributed by atoms with Crippen molar-refractivity contribution in [2.75, 3.05) is 44.3 Å². The Balaban J connectivity index is 1.27. The Hall–Kier alpha value is -2.85. The molecule has 3 aliphatic heterocycles. The Bertz CT molecular complexity index is 1040. The Morgan fingerprint density at radius 1 is 0.970 bits per heavy atom. The highest BCUT2D eigenvalue weighted by molar-refractivity contribution is 5.59. The van der Waals surface area contributed by atoms with E-state index in [0.717, 1.165) is 62.3 Å². The Kier molecular flexibility index (Phi) is 5.77. The van der Waals surface area contributed by atoms with Crippen LogP contribution < -0.4 is 4.90 Å². The monoisotopic (exact) mass is 449 g/mol. The van der Waals surface area contributed by atoms with Crippen molar-refractivity contribution >= 4 is 5.95 Å². The summed E-state index contributed by atoms with van der Waals surface area (Å²) in [4.78, 5) is 5.13. The van der Waals surface area contributed by atoms with Crippen molar-refractivity contribution in [1.29, 1.82) is 0 Å².